The van der Waals surface area contributed by atoms with Crippen LogP contribution in [0, 0.1) is 0 Å². The molecule has 1 aromatic carbocycles. The third kappa shape index (κ3) is 2.37. The van der Waals surface area contributed by atoms with Crippen LogP contribution in [0.4, 0.5) is 0 Å². The molecule has 1 heterocycles. The molecule has 0 spiro atoms. The van der Waals surface area contributed by atoms with E-state index in [1.807, 2.05) is 30.3 Å². The van der Waals surface area contributed by atoms with E-state index in [4.69, 9.17) is 21.9 Å². The van der Waals surface area contributed by atoms with Crippen LogP contribution in [-0.4, -0.2) is 11.7 Å². The number of halogens is 1. The van der Waals surface area contributed by atoms with Crippen LogP contribution in [0.25, 0.3) is 11.3 Å². The number of nitrogens with two attached hydrogens (primary N) is 1. The molecule has 0 saturated heterocycles. The van der Waals surface area contributed by atoms with Gasteiger partial charge in [-0.25, -0.2) is 0 Å². The Labute approximate surface area is 92.8 Å². The molecule has 0 aliphatic heterocycles. The van der Waals surface area contributed by atoms with Crippen LogP contribution in [0.3, 0.4) is 0 Å². The van der Waals surface area contributed by atoms with Crippen molar-refractivity contribution in [2.45, 2.75) is 6.42 Å². The fourth-order valence-electron chi connectivity index (χ4n) is 1.33. The van der Waals surface area contributed by atoms with Gasteiger partial charge in [0, 0.05) is 23.1 Å². The van der Waals surface area contributed by atoms with Crippen molar-refractivity contribution in [3.05, 3.63) is 41.0 Å². The lowest BCUT2D eigenvalue weighted by molar-refractivity contribution is 0.423. The lowest BCUT2D eigenvalue weighted by atomic mass is 10.1. The molecule has 15 heavy (non-hydrogen) atoms. The van der Waals surface area contributed by atoms with Crippen LogP contribution in [0.15, 0.2) is 34.9 Å². The van der Waals surface area contributed by atoms with Gasteiger partial charge in [-0.15, -0.1) is 0 Å². The highest BCUT2D eigenvalue weighted by molar-refractivity contribution is 6.30. The van der Waals surface area contributed by atoms with Gasteiger partial charge in [0.25, 0.3) is 0 Å². The van der Waals surface area contributed by atoms with Crippen molar-refractivity contribution in [3.8, 4) is 11.3 Å². The maximum atomic E-state index is 5.79. The summed E-state index contributed by atoms with van der Waals surface area (Å²) < 4.78 is 5.19. The Kier molecular flexibility index (Phi) is 3.04. The van der Waals surface area contributed by atoms with Gasteiger partial charge in [-0.2, -0.15) is 0 Å². The molecule has 2 N–H and O–H groups in total. The topological polar surface area (TPSA) is 52.0 Å². The SMILES string of the molecule is NCCc1cc(-c2ccc(Cl)cc2)on1. The van der Waals surface area contributed by atoms with Crippen molar-refractivity contribution in [2.75, 3.05) is 6.54 Å². The quantitative estimate of drug-likeness (QED) is 0.868. The van der Waals surface area contributed by atoms with Crippen LogP contribution in [0.2, 0.25) is 5.02 Å². The summed E-state index contributed by atoms with van der Waals surface area (Å²) in [5.41, 5.74) is 7.27. The summed E-state index contributed by atoms with van der Waals surface area (Å²) in [6.45, 7) is 0.576. The van der Waals surface area contributed by atoms with Gasteiger partial charge in [-0.3, -0.25) is 0 Å². The molecule has 0 radical (unpaired) electrons. The molecule has 0 aliphatic carbocycles. The summed E-state index contributed by atoms with van der Waals surface area (Å²) in [4.78, 5) is 0. The predicted molar refractivity (Wildman–Crippen MR) is 59.7 cm³/mol. The van der Waals surface area contributed by atoms with E-state index in [0.29, 0.717) is 11.6 Å². The smallest absolute Gasteiger partial charge is 0.167 e. The summed E-state index contributed by atoms with van der Waals surface area (Å²) in [6.07, 6.45) is 0.733. The molecule has 0 unspecified atom stereocenters. The minimum Gasteiger partial charge on any atom is -0.356 e. The summed E-state index contributed by atoms with van der Waals surface area (Å²) in [5.74, 6) is 0.745. The van der Waals surface area contributed by atoms with Crippen LogP contribution < -0.4 is 5.73 Å². The van der Waals surface area contributed by atoms with E-state index in [0.717, 1.165) is 23.4 Å². The molecule has 2 rings (SSSR count). The van der Waals surface area contributed by atoms with Crippen molar-refractivity contribution in [2.24, 2.45) is 5.73 Å². The third-order valence-corrected chi connectivity index (χ3v) is 2.34. The summed E-state index contributed by atoms with van der Waals surface area (Å²) in [5, 5.41) is 4.63. The largest absolute Gasteiger partial charge is 0.356 e. The second-order valence-electron chi connectivity index (χ2n) is 3.23. The van der Waals surface area contributed by atoms with E-state index >= 15 is 0 Å². The highest BCUT2D eigenvalue weighted by Gasteiger charge is 2.05. The number of aromatic nitrogens is 1. The Morgan fingerprint density at radius 2 is 2.00 bits per heavy atom. The molecule has 0 fully saturated rings. The van der Waals surface area contributed by atoms with Crippen molar-refractivity contribution in [1.29, 1.82) is 0 Å². The Bertz CT molecular complexity index is 436. The normalized spacial score (nSPS) is 10.5. The molecule has 0 aliphatic rings. The maximum Gasteiger partial charge on any atom is 0.167 e. The molecule has 3 nitrogen and oxygen atoms in total. The molecule has 2 aromatic rings. The van der Waals surface area contributed by atoms with E-state index in [1.165, 1.54) is 0 Å². The number of rotatable bonds is 3. The molecule has 1 aromatic heterocycles. The molecule has 0 bridgehead atoms. The monoisotopic (exact) mass is 222 g/mol. The van der Waals surface area contributed by atoms with E-state index < -0.39 is 0 Å². The maximum absolute atomic E-state index is 5.79. The van der Waals surface area contributed by atoms with Crippen molar-refractivity contribution >= 4 is 11.6 Å². The third-order valence-electron chi connectivity index (χ3n) is 2.09. The summed E-state index contributed by atoms with van der Waals surface area (Å²) in [7, 11) is 0. The Hall–Kier alpha value is -1.32. The summed E-state index contributed by atoms with van der Waals surface area (Å²) in [6, 6.07) is 9.34. The number of nitrogens with zero attached hydrogens (tertiary/aromatic N) is 1. The summed E-state index contributed by atoms with van der Waals surface area (Å²) >= 11 is 5.79. The van der Waals surface area contributed by atoms with Gasteiger partial charge in [0.1, 0.15) is 0 Å². The predicted octanol–water partition coefficient (Wildman–Crippen LogP) is 2.50. The number of hydrogen-bond acceptors (Lipinski definition) is 3. The molecule has 0 saturated carbocycles. The van der Waals surface area contributed by atoms with E-state index in [-0.39, 0.29) is 0 Å². The van der Waals surface area contributed by atoms with E-state index in [1.54, 1.807) is 0 Å². The lowest BCUT2D eigenvalue weighted by Crippen LogP contribution is -2.02. The highest BCUT2D eigenvalue weighted by Crippen LogP contribution is 2.22. The number of benzene rings is 1. The Balaban J connectivity index is 2.25. The average Bonchev–Trinajstić information content (AvgIpc) is 2.68. The zero-order valence-corrected chi connectivity index (χ0v) is 8.87. The molecule has 78 valence electrons. The fraction of sp³-hybridized carbons (Fsp3) is 0.182. The lowest BCUT2D eigenvalue weighted by Gasteiger charge is -1.94. The van der Waals surface area contributed by atoms with Gasteiger partial charge in [-0.05, 0) is 30.8 Å². The molecular formula is C11H11ClN2O. The van der Waals surface area contributed by atoms with Gasteiger partial charge < -0.3 is 10.3 Å². The molecule has 0 atom stereocenters. The van der Waals surface area contributed by atoms with E-state index in [9.17, 15) is 0 Å². The second-order valence-corrected chi connectivity index (χ2v) is 3.66. The van der Waals surface area contributed by atoms with Gasteiger partial charge in [-0.1, -0.05) is 16.8 Å². The van der Waals surface area contributed by atoms with Crippen LogP contribution >= 0.6 is 11.6 Å². The Morgan fingerprint density at radius 3 is 2.67 bits per heavy atom. The fourth-order valence-corrected chi connectivity index (χ4v) is 1.45. The molecule has 0 amide bonds. The van der Waals surface area contributed by atoms with Gasteiger partial charge in [0.15, 0.2) is 5.76 Å². The van der Waals surface area contributed by atoms with Crippen molar-refractivity contribution in [3.63, 3.8) is 0 Å². The van der Waals surface area contributed by atoms with Crippen LogP contribution in [-0.2, 0) is 6.42 Å². The zero-order valence-electron chi connectivity index (χ0n) is 8.11. The first-order valence-electron chi connectivity index (χ1n) is 4.71. The van der Waals surface area contributed by atoms with Gasteiger partial charge >= 0.3 is 0 Å². The van der Waals surface area contributed by atoms with E-state index in [2.05, 4.69) is 5.16 Å². The first kappa shape index (κ1) is 10.2. The van der Waals surface area contributed by atoms with Crippen LogP contribution in [0.1, 0.15) is 5.69 Å². The second kappa shape index (κ2) is 4.47. The van der Waals surface area contributed by atoms with Crippen LogP contribution in [0.5, 0.6) is 0 Å². The molecular weight excluding hydrogens is 212 g/mol. The Morgan fingerprint density at radius 1 is 1.27 bits per heavy atom. The van der Waals surface area contributed by atoms with Gasteiger partial charge in [0.05, 0.1) is 5.69 Å². The minimum absolute atomic E-state index is 0.576. The minimum atomic E-state index is 0.576. The molecule has 4 heteroatoms. The number of hydrogen-bond donors (Lipinski definition) is 1. The highest BCUT2D eigenvalue weighted by atomic mass is 35.5. The first-order chi connectivity index (χ1) is 7.29. The van der Waals surface area contributed by atoms with Gasteiger partial charge in [0.2, 0.25) is 0 Å². The average molecular weight is 223 g/mol. The van der Waals surface area contributed by atoms with Crippen molar-refractivity contribution < 1.29 is 4.52 Å². The zero-order chi connectivity index (χ0) is 10.7. The standard InChI is InChI=1S/C11H11ClN2O/c12-9-3-1-8(2-4-9)11-7-10(5-6-13)14-15-11/h1-4,7H,5-6,13H2. The first-order valence-corrected chi connectivity index (χ1v) is 5.09. The van der Waals surface area contributed by atoms with Crippen molar-refractivity contribution in [1.82, 2.24) is 5.16 Å².